The van der Waals surface area contributed by atoms with Gasteiger partial charge in [0.05, 0.1) is 12.8 Å². The quantitative estimate of drug-likeness (QED) is 0.791. The molecule has 0 saturated carbocycles. The summed E-state index contributed by atoms with van der Waals surface area (Å²) in [5.41, 5.74) is -0.193. The first kappa shape index (κ1) is 17.4. The molecule has 1 aliphatic heterocycles. The van der Waals surface area contributed by atoms with E-state index in [1.807, 2.05) is 25.7 Å². The summed E-state index contributed by atoms with van der Waals surface area (Å²) in [6, 6.07) is 0. The number of nitrogens with zero attached hydrogens (tertiary/aromatic N) is 2. The lowest BCUT2D eigenvalue weighted by atomic mass is 10.0. The second-order valence-electron chi connectivity index (χ2n) is 6.08. The highest BCUT2D eigenvalue weighted by Crippen LogP contribution is 2.09. The van der Waals surface area contributed by atoms with Crippen LogP contribution in [0.5, 0.6) is 0 Å². The van der Waals surface area contributed by atoms with Gasteiger partial charge in [-0.3, -0.25) is 9.69 Å². The van der Waals surface area contributed by atoms with Gasteiger partial charge in [-0.15, -0.1) is 0 Å². The van der Waals surface area contributed by atoms with Crippen molar-refractivity contribution in [3.63, 3.8) is 0 Å². The molecular weight excluding hydrogens is 278 g/mol. The molecule has 0 spiro atoms. The minimum Gasteiger partial charge on any atom is -0.350 e. The van der Waals surface area contributed by atoms with Crippen LogP contribution in [0.2, 0.25) is 0 Å². The number of carbonyl (C=O) groups is 1. The van der Waals surface area contributed by atoms with Crippen LogP contribution in [0, 0.1) is 0 Å². The SMILES string of the molecule is CCC(C)(C)NC(=O)CN1CCCN(S(C)(=O)=O)CC1. The van der Waals surface area contributed by atoms with Crippen molar-refractivity contribution in [3.05, 3.63) is 0 Å². The zero-order chi connectivity index (χ0) is 15.4. The molecule has 1 fully saturated rings. The Morgan fingerprint density at radius 2 is 1.85 bits per heavy atom. The Morgan fingerprint density at radius 3 is 2.40 bits per heavy atom. The van der Waals surface area contributed by atoms with Crippen molar-refractivity contribution in [1.29, 1.82) is 0 Å². The molecule has 0 aromatic rings. The summed E-state index contributed by atoms with van der Waals surface area (Å²) < 4.78 is 24.5. The number of sulfonamides is 1. The summed E-state index contributed by atoms with van der Waals surface area (Å²) in [7, 11) is -3.13. The van der Waals surface area contributed by atoms with Gasteiger partial charge < -0.3 is 5.32 Å². The molecule has 0 aromatic heterocycles. The van der Waals surface area contributed by atoms with Crippen LogP contribution in [-0.4, -0.2) is 68.0 Å². The fourth-order valence-corrected chi connectivity index (χ4v) is 3.02. The van der Waals surface area contributed by atoms with E-state index in [1.54, 1.807) is 0 Å². The molecule has 118 valence electrons. The van der Waals surface area contributed by atoms with Gasteiger partial charge in [-0.05, 0) is 33.2 Å². The molecule has 0 atom stereocenters. The van der Waals surface area contributed by atoms with E-state index >= 15 is 0 Å². The first-order valence-corrected chi connectivity index (χ1v) is 8.97. The van der Waals surface area contributed by atoms with Crippen LogP contribution in [0.25, 0.3) is 0 Å². The first-order valence-electron chi connectivity index (χ1n) is 7.12. The maximum atomic E-state index is 12.0. The Morgan fingerprint density at radius 1 is 1.20 bits per heavy atom. The highest BCUT2D eigenvalue weighted by molar-refractivity contribution is 7.88. The molecule has 6 nitrogen and oxygen atoms in total. The maximum absolute atomic E-state index is 12.0. The molecule has 0 aliphatic carbocycles. The lowest BCUT2D eigenvalue weighted by Gasteiger charge is -2.27. The van der Waals surface area contributed by atoms with Gasteiger partial charge in [0, 0.05) is 25.2 Å². The standard InChI is InChI=1S/C13H27N3O3S/c1-5-13(2,3)14-12(17)11-15-7-6-8-16(10-9-15)20(4,18)19/h5-11H2,1-4H3,(H,14,17). The predicted octanol–water partition coefficient (Wildman–Crippen LogP) is 0.259. The fraction of sp³-hybridized carbons (Fsp3) is 0.923. The van der Waals surface area contributed by atoms with Crippen molar-refractivity contribution in [1.82, 2.24) is 14.5 Å². The third-order valence-corrected chi connectivity index (χ3v) is 5.05. The number of rotatable bonds is 5. The van der Waals surface area contributed by atoms with Crippen molar-refractivity contribution in [2.24, 2.45) is 0 Å². The Bertz CT molecular complexity index is 434. The van der Waals surface area contributed by atoms with Gasteiger partial charge in [0.15, 0.2) is 0 Å². The largest absolute Gasteiger partial charge is 0.350 e. The summed E-state index contributed by atoms with van der Waals surface area (Å²) in [4.78, 5) is 14.0. The van der Waals surface area contributed by atoms with E-state index in [2.05, 4.69) is 5.32 Å². The van der Waals surface area contributed by atoms with Gasteiger partial charge in [-0.25, -0.2) is 12.7 Å². The third-order valence-electron chi connectivity index (χ3n) is 3.75. The van der Waals surface area contributed by atoms with E-state index in [-0.39, 0.29) is 11.4 Å². The zero-order valence-electron chi connectivity index (χ0n) is 13.0. The second-order valence-corrected chi connectivity index (χ2v) is 8.06. The van der Waals surface area contributed by atoms with Gasteiger partial charge >= 0.3 is 0 Å². The summed E-state index contributed by atoms with van der Waals surface area (Å²) in [5, 5.41) is 3.00. The Labute approximate surface area is 122 Å². The van der Waals surface area contributed by atoms with E-state index < -0.39 is 10.0 Å². The zero-order valence-corrected chi connectivity index (χ0v) is 13.8. The molecule has 1 aliphatic rings. The summed E-state index contributed by atoms with van der Waals surface area (Å²) in [5.74, 6) is 0.00431. The topological polar surface area (TPSA) is 69.7 Å². The monoisotopic (exact) mass is 305 g/mol. The smallest absolute Gasteiger partial charge is 0.234 e. The molecular formula is C13H27N3O3S. The van der Waals surface area contributed by atoms with E-state index in [9.17, 15) is 13.2 Å². The van der Waals surface area contributed by atoms with Crippen LogP contribution < -0.4 is 5.32 Å². The molecule has 0 unspecified atom stereocenters. The van der Waals surface area contributed by atoms with Crippen molar-refractivity contribution in [3.8, 4) is 0 Å². The number of nitrogens with one attached hydrogen (secondary N) is 1. The average molecular weight is 305 g/mol. The van der Waals surface area contributed by atoms with E-state index in [1.165, 1.54) is 10.6 Å². The van der Waals surface area contributed by atoms with E-state index in [4.69, 9.17) is 0 Å². The molecule has 0 bridgehead atoms. The fourth-order valence-electron chi connectivity index (χ4n) is 2.15. The minimum atomic E-state index is -3.13. The highest BCUT2D eigenvalue weighted by atomic mass is 32.2. The summed E-state index contributed by atoms with van der Waals surface area (Å²) >= 11 is 0. The van der Waals surface area contributed by atoms with Crippen molar-refractivity contribution >= 4 is 15.9 Å². The van der Waals surface area contributed by atoms with Gasteiger partial charge in [0.25, 0.3) is 0 Å². The van der Waals surface area contributed by atoms with Crippen molar-refractivity contribution in [2.45, 2.75) is 39.2 Å². The normalized spacial score (nSPS) is 19.6. The molecule has 0 radical (unpaired) electrons. The molecule has 1 saturated heterocycles. The van der Waals surface area contributed by atoms with E-state index in [0.717, 1.165) is 19.4 Å². The Hall–Kier alpha value is -0.660. The van der Waals surface area contributed by atoms with Crippen LogP contribution in [0.15, 0.2) is 0 Å². The molecule has 1 rings (SSSR count). The summed E-state index contributed by atoms with van der Waals surface area (Å²) in [6.07, 6.45) is 2.87. The highest BCUT2D eigenvalue weighted by Gasteiger charge is 2.24. The average Bonchev–Trinajstić information content (AvgIpc) is 2.53. The summed E-state index contributed by atoms with van der Waals surface area (Å²) in [6.45, 7) is 8.73. The van der Waals surface area contributed by atoms with Gasteiger partial charge in [-0.2, -0.15) is 0 Å². The van der Waals surface area contributed by atoms with Crippen LogP contribution in [0.1, 0.15) is 33.6 Å². The number of hydrogen-bond donors (Lipinski definition) is 1. The van der Waals surface area contributed by atoms with Gasteiger partial charge in [-0.1, -0.05) is 6.92 Å². The van der Waals surface area contributed by atoms with Crippen LogP contribution in [0.3, 0.4) is 0 Å². The molecule has 0 aromatic carbocycles. The second kappa shape index (κ2) is 6.87. The molecule has 7 heteroatoms. The molecule has 1 N–H and O–H groups in total. The molecule has 1 amide bonds. The first-order chi connectivity index (χ1) is 9.14. The predicted molar refractivity (Wildman–Crippen MR) is 80.0 cm³/mol. The number of amides is 1. The lowest BCUT2D eigenvalue weighted by Crippen LogP contribution is -2.48. The molecule has 20 heavy (non-hydrogen) atoms. The van der Waals surface area contributed by atoms with Crippen LogP contribution in [0.4, 0.5) is 0 Å². The van der Waals surface area contributed by atoms with Crippen molar-refractivity contribution < 1.29 is 13.2 Å². The Balaban J connectivity index is 2.48. The van der Waals surface area contributed by atoms with Crippen LogP contribution in [-0.2, 0) is 14.8 Å². The van der Waals surface area contributed by atoms with Crippen molar-refractivity contribution in [2.75, 3.05) is 39.0 Å². The number of carbonyl (C=O) groups excluding carboxylic acids is 1. The Kier molecular flexibility index (Phi) is 5.97. The lowest BCUT2D eigenvalue weighted by molar-refractivity contribution is -0.123. The minimum absolute atomic E-state index is 0.00431. The van der Waals surface area contributed by atoms with Gasteiger partial charge in [0.2, 0.25) is 15.9 Å². The van der Waals surface area contributed by atoms with E-state index in [0.29, 0.717) is 26.2 Å². The van der Waals surface area contributed by atoms with Gasteiger partial charge in [0.1, 0.15) is 0 Å². The maximum Gasteiger partial charge on any atom is 0.234 e. The van der Waals surface area contributed by atoms with Crippen LogP contribution >= 0.6 is 0 Å². The third kappa shape index (κ3) is 5.76. The number of hydrogen-bond acceptors (Lipinski definition) is 4. The molecule has 1 heterocycles.